The third-order valence-corrected chi connectivity index (χ3v) is 2.47. The third kappa shape index (κ3) is 3.79. The number of hydrogen-bond acceptors (Lipinski definition) is 3. The van der Waals surface area contributed by atoms with Crippen LogP contribution in [0.3, 0.4) is 0 Å². The molecule has 0 radical (unpaired) electrons. The van der Waals surface area contributed by atoms with Crippen molar-refractivity contribution in [1.29, 1.82) is 0 Å². The number of allylic oxidation sites excluding steroid dienone is 3. The zero-order chi connectivity index (χ0) is 11.9. The van der Waals surface area contributed by atoms with Crippen molar-refractivity contribution < 1.29 is 4.79 Å². The van der Waals surface area contributed by atoms with Crippen LogP contribution in [0.4, 0.5) is 0 Å². The van der Waals surface area contributed by atoms with Crippen molar-refractivity contribution in [3.05, 3.63) is 54.0 Å². The fourth-order valence-electron chi connectivity index (χ4n) is 1.67. The lowest BCUT2D eigenvalue weighted by atomic mass is 10.0. The van der Waals surface area contributed by atoms with Crippen LogP contribution in [0.2, 0.25) is 0 Å². The van der Waals surface area contributed by atoms with Crippen LogP contribution < -0.4 is 0 Å². The highest BCUT2D eigenvalue weighted by atomic mass is 16.1. The maximum absolute atomic E-state index is 11.8. The lowest BCUT2D eigenvalue weighted by molar-refractivity contribution is -0.117. The lowest BCUT2D eigenvalue weighted by Crippen LogP contribution is -2.05. The predicted octanol–water partition coefficient (Wildman–Crippen LogP) is 2.50. The van der Waals surface area contributed by atoms with Gasteiger partial charge in [0.2, 0.25) is 0 Å². The predicted molar refractivity (Wildman–Crippen MR) is 67.9 cm³/mol. The number of nitrogens with zero attached hydrogens (tertiary/aromatic N) is 2. The highest BCUT2D eigenvalue weighted by molar-refractivity contribution is 5.91. The average molecular weight is 226 g/mol. The molecule has 1 aromatic rings. The van der Waals surface area contributed by atoms with Gasteiger partial charge in [0.05, 0.1) is 0 Å². The number of aromatic nitrogens is 1. The van der Waals surface area contributed by atoms with Crippen LogP contribution in [0.5, 0.6) is 0 Å². The summed E-state index contributed by atoms with van der Waals surface area (Å²) in [7, 11) is 0. The van der Waals surface area contributed by atoms with Gasteiger partial charge in [-0.3, -0.25) is 14.8 Å². The minimum absolute atomic E-state index is 0.192. The first kappa shape index (κ1) is 11.5. The van der Waals surface area contributed by atoms with Crippen molar-refractivity contribution in [2.45, 2.75) is 19.3 Å². The monoisotopic (exact) mass is 226 g/mol. The van der Waals surface area contributed by atoms with Crippen LogP contribution in [-0.4, -0.2) is 17.0 Å². The van der Waals surface area contributed by atoms with Crippen molar-refractivity contribution in [1.82, 2.24) is 4.98 Å². The van der Waals surface area contributed by atoms with Gasteiger partial charge in [0.15, 0.2) is 0 Å². The molecule has 0 aromatic carbocycles. The van der Waals surface area contributed by atoms with Gasteiger partial charge in [-0.25, -0.2) is 0 Å². The number of aliphatic imine (C=N–C) groups is 1. The highest BCUT2D eigenvalue weighted by Crippen LogP contribution is 2.08. The Hall–Kier alpha value is -2.03. The van der Waals surface area contributed by atoms with Gasteiger partial charge in [-0.1, -0.05) is 18.2 Å². The molecule has 0 N–H and O–H groups in total. The Kier molecular flexibility index (Phi) is 3.97. The quantitative estimate of drug-likeness (QED) is 0.791. The Labute approximate surface area is 101 Å². The molecule has 0 aliphatic carbocycles. The molecule has 0 spiro atoms. The highest BCUT2D eigenvalue weighted by Gasteiger charge is 2.06. The maximum Gasteiger partial charge on any atom is 0.141 e. The van der Waals surface area contributed by atoms with Crippen molar-refractivity contribution >= 4 is 12.0 Å². The summed E-state index contributed by atoms with van der Waals surface area (Å²) in [4.78, 5) is 19.9. The van der Waals surface area contributed by atoms with E-state index in [1.807, 2.05) is 24.3 Å². The Bertz CT molecular complexity index is 472. The fraction of sp³-hybridized carbons (Fsp3) is 0.214. The molecule has 0 bridgehead atoms. The molecule has 2 heterocycles. The molecule has 2 rings (SSSR count). The van der Waals surface area contributed by atoms with E-state index in [0.29, 0.717) is 12.8 Å². The summed E-state index contributed by atoms with van der Waals surface area (Å²) < 4.78 is 0. The first-order chi connectivity index (χ1) is 8.34. The van der Waals surface area contributed by atoms with Gasteiger partial charge < -0.3 is 0 Å². The molecule has 1 aliphatic heterocycles. The summed E-state index contributed by atoms with van der Waals surface area (Å²) in [5.74, 6) is 0.192. The number of Topliss-reactive ketones (excluding diaryl/α,β-unsaturated/α-hetero) is 1. The minimum Gasteiger partial charge on any atom is -0.299 e. The maximum atomic E-state index is 11.8. The molecule has 0 fully saturated rings. The van der Waals surface area contributed by atoms with Crippen LogP contribution in [0.1, 0.15) is 18.4 Å². The molecule has 0 saturated heterocycles. The second-order valence-corrected chi connectivity index (χ2v) is 3.93. The van der Waals surface area contributed by atoms with Gasteiger partial charge in [0, 0.05) is 37.6 Å². The smallest absolute Gasteiger partial charge is 0.141 e. The Morgan fingerprint density at radius 3 is 3.12 bits per heavy atom. The van der Waals surface area contributed by atoms with E-state index in [4.69, 9.17) is 0 Å². The van der Waals surface area contributed by atoms with Gasteiger partial charge >= 0.3 is 0 Å². The van der Waals surface area contributed by atoms with Crippen LogP contribution in [0, 0.1) is 0 Å². The van der Waals surface area contributed by atoms with Gasteiger partial charge in [0.1, 0.15) is 5.78 Å². The normalized spacial score (nSPS) is 14.2. The van der Waals surface area contributed by atoms with Gasteiger partial charge in [-0.05, 0) is 23.6 Å². The Morgan fingerprint density at radius 2 is 2.29 bits per heavy atom. The molecule has 86 valence electrons. The minimum atomic E-state index is 0.192. The van der Waals surface area contributed by atoms with Gasteiger partial charge in [-0.15, -0.1) is 0 Å². The third-order valence-electron chi connectivity index (χ3n) is 2.47. The van der Waals surface area contributed by atoms with E-state index < -0.39 is 0 Å². The number of hydrogen-bond donors (Lipinski definition) is 0. The molecule has 0 saturated carbocycles. The SMILES string of the molecule is O=C(CC1=CCC=CN=C1)Cc1cccnc1. The topological polar surface area (TPSA) is 42.3 Å². The number of carbonyl (C=O) groups is 1. The molecule has 17 heavy (non-hydrogen) atoms. The largest absolute Gasteiger partial charge is 0.299 e. The number of carbonyl (C=O) groups excluding carboxylic acids is 1. The summed E-state index contributed by atoms with van der Waals surface area (Å²) in [6.07, 6.45) is 12.7. The molecule has 3 nitrogen and oxygen atoms in total. The second-order valence-electron chi connectivity index (χ2n) is 3.93. The zero-order valence-electron chi connectivity index (χ0n) is 9.54. The average Bonchev–Trinajstić information content (AvgIpc) is 2.59. The van der Waals surface area contributed by atoms with E-state index >= 15 is 0 Å². The summed E-state index contributed by atoms with van der Waals surface area (Å²) in [5, 5.41) is 0. The van der Waals surface area contributed by atoms with E-state index in [-0.39, 0.29) is 5.78 Å². The van der Waals surface area contributed by atoms with E-state index in [2.05, 4.69) is 9.98 Å². The summed E-state index contributed by atoms with van der Waals surface area (Å²) in [6.45, 7) is 0. The second kappa shape index (κ2) is 5.89. The molecular weight excluding hydrogens is 212 g/mol. The van der Waals surface area contributed by atoms with Crippen molar-refractivity contribution in [3.8, 4) is 0 Å². The molecule has 0 amide bonds. The molecule has 1 aliphatic rings. The van der Waals surface area contributed by atoms with Crippen LogP contribution in [0.25, 0.3) is 0 Å². The Morgan fingerprint density at radius 1 is 1.35 bits per heavy atom. The van der Waals surface area contributed by atoms with Crippen LogP contribution in [-0.2, 0) is 11.2 Å². The van der Waals surface area contributed by atoms with Gasteiger partial charge in [0.25, 0.3) is 0 Å². The number of rotatable bonds is 4. The molecule has 0 unspecified atom stereocenters. The number of pyridine rings is 1. The number of ketones is 1. The van der Waals surface area contributed by atoms with Crippen LogP contribution in [0.15, 0.2) is 53.4 Å². The van der Waals surface area contributed by atoms with E-state index in [9.17, 15) is 4.79 Å². The van der Waals surface area contributed by atoms with E-state index in [1.54, 1.807) is 24.8 Å². The fourth-order valence-corrected chi connectivity index (χ4v) is 1.67. The van der Waals surface area contributed by atoms with E-state index in [0.717, 1.165) is 17.6 Å². The van der Waals surface area contributed by atoms with Crippen LogP contribution >= 0.6 is 0 Å². The zero-order valence-corrected chi connectivity index (χ0v) is 9.54. The van der Waals surface area contributed by atoms with Gasteiger partial charge in [-0.2, -0.15) is 0 Å². The molecule has 3 heteroatoms. The summed E-state index contributed by atoms with van der Waals surface area (Å²) in [6, 6.07) is 3.76. The standard InChI is InChI=1S/C14H14N2O/c17-14(9-13-5-3-7-16-11-13)8-12-4-1-2-6-15-10-12/h2-7,10-11H,1,8-9H2. The summed E-state index contributed by atoms with van der Waals surface area (Å²) in [5.41, 5.74) is 1.95. The Balaban J connectivity index is 1.92. The van der Waals surface area contributed by atoms with Crippen molar-refractivity contribution in [2.24, 2.45) is 4.99 Å². The lowest BCUT2D eigenvalue weighted by Gasteiger charge is -2.01. The summed E-state index contributed by atoms with van der Waals surface area (Å²) >= 11 is 0. The van der Waals surface area contributed by atoms with Crippen molar-refractivity contribution in [2.75, 3.05) is 0 Å². The molecule has 0 atom stereocenters. The van der Waals surface area contributed by atoms with E-state index in [1.165, 1.54) is 0 Å². The first-order valence-corrected chi connectivity index (χ1v) is 5.62. The first-order valence-electron chi connectivity index (χ1n) is 5.62. The molecular formula is C14H14N2O. The molecule has 1 aromatic heterocycles. The van der Waals surface area contributed by atoms with Crippen molar-refractivity contribution in [3.63, 3.8) is 0 Å².